The molecule has 1 aliphatic carbocycles. The van der Waals surface area contributed by atoms with Crippen molar-refractivity contribution < 1.29 is 0 Å². The largest absolute Gasteiger partial charge is 0.383 e. The number of benzene rings is 1. The second-order valence-corrected chi connectivity index (χ2v) is 11.9. The molecule has 3 aliphatic rings. The fraction of sp³-hybridized carbons (Fsp3) is 0.500. The minimum atomic E-state index is 0.331. The zero-order chi connectivity index (χ0) is 27.8. The Bertz CT molecular complexity index is 1390. The number of piperazine rings is 1. The van der Waals surface area contributed by atoms with Gasteiger partial charge in [-0.3, -0.25) is 0 Å². The Labute approximate surface area is 238 Å². The van der Waals surface area contributed by atoms with Crippen LogP contribution < -0.4 is 20.9 Å². The summed E-state index contributed by atoms with van der Waals surface area (Å²) in [5.41, 5.74) is 15.8. The van der Waals surface area contributed by atoms with Crippen molar-refractivity contribution in [2.45, 2.75) is 58.5 Å². The highest BCUT2D eigenvalue weighted by Gasteiger charge is 2.27. The number of aromatic nitrogens is 3. The van der Waals surface area contributed by atoms with Gasteiger partial charge < -0.3 is 30.3 Å². The average Bonchev–Trinajstić information content (AvgIpc) is 3.30. The topological polar surface area (TPSA) is 78.5 Å². The molecule has 8 nitrogen and oxygen atoms in total. The maximum absolute atomic E-state index is 6.25. The van der Waals surface area contributed by atoms with Gasteiger partial charge in [-0.2, -0.15) is 9.97 Å². The molecule has 2 fully saturated rings. The molecule has 0 bridgehead atoms. The van der Waals surface area contributed by atoms with E-state index < -0.39 is 0 Å². The van der Waals surface area contributed by atoms with Gasteiger partial charge in [0.25, 0.3) is 0 Å². The van der Waals surface area contributed by atoms with Crippen molar-refractivity contribution in [1.29, 1.82) is 0 Å². The van der Waals surface area contributed by atoms with Gasteiger partial charge in [0.05, 0.1) is 11.4 Å². The molecule has 1 saturated heterocycles. The van der Waals surface area contributed by atoms with Crippen molar-refractivity contribution in [2.24, 2.45) is 7.05 Å². The Hall–Kier alpha value is -3.52. The highest BCUT2D eigenvalue weighted by atomic mass is 15.3. The van der Waals surface area contributed by atoms with Gasteiger partial charge in [0.2, 0.25) is 5.95 Å². The maximum atomic E-state index is 6.25. The van der Waals surface area contributed by atoms with Crippen LogP contribution in [0.4, 0.5) is 17.6 Å². The Kier molecular flexibility index (Phi) is 7.45. The first-order valence-corrected chi connectivity index (χ1v) is 15.0. The molecule has 4 heterocycles. The first-order valence-electron chi connectivity index (χ1n) is 15.0. The summed E-state index contributed by atoms with van der Waals surface area (Å²) in [6.45, 7) is 10.3. The van der Waals surface area contributed by atoms with Crippen LogP contribution in [-0.2, 0) is 20.0 Å². The molecule has 1 atom stereocenters. The van der Waals surface area contributed by atoms with E-state index >= 15 is 0 Å². The van der Waals surface area contributed by atoms with E-state index in [9.17, 15) is 0 Å². The van der Waals surface area contributed by atoms with Crippen LogP contribution in [0.15, 0.2) is 42.1 Å². The van der Waals surface area contributed by atoms with Gasteiger partial charge in [0, 0.05) is 70.2 Å². The van der Waals surface area contributed by atoms with Crippen LogP contribution >= 0.6 is 0 Å². The van der Waals surface area contributed by atoms with Crippen LogP contribution in [-0.4, -0.2) is 65.2 Å². The van der Waals surface area contributed by atoms with Crippen molar-refractivity contribution in [1.82, 2.24) is 24.8 Å². The summed E-state index contributed by atoms with van der Waals surface area (Å²) >= 11 is 0. The molecule has 1 unspecified atom stereocenters. The second kappa shape index (κ2) is 11.2. The minimum Gasteiger partial charge on any atom is -0.383 e. The van der Waals surface area contributed by atoms with Gasteiger partial charge in [0.15, 0.2) is 0 Å². The normalized spacial score (nSPS) is 19.4. The van der Waals surface area contributed by atoms with E-state index in [0.717, 1.165) is 63.7 Å². The van der Waals surface area contributed by atoms with Crippen LogP contribution in [0.1, 0.15) is 56.4 Å². The monoisotopic (exact) mass is 540 g/mol. The van der Waals surface area contributed by atoms with E-state index in [-0.39, 0.29) is 0 Å². The van der Waals surface area contributed by atoms with E-state index in [1.165, 1.54) is 52.9 Å². The van der Waals surface area contributed by atoms with E-state index in [4.69, 9.17) is 10.7 Å². The number of hydrogen-bond donors (Lipinski definition) is 2. The maximum Gasteiger partial charge on any atom is 0.223 e. The van der Waals surface area contributed by atoms with Crippen molar-refractivity contribution >= 4 is 23.3 Å². The molecule has 40 heavy (non-hydrogen) atoms. The van der Waals surface area contributed by atoms with Crippen molar-refractivity contribution in [3.05, 3.63) is 58.9 Å². The molecule has 1 aromatic carbocycles. The third kappa shape index (κ3) is 5.29. The molecule has 8 heteroatoms. The summed E-state index contributed by atoms with van der Waals surface area (Å²) in [6, 6.07) is 11.8. The number of rotatable bonds is 7. The van der Waals surface area contributed by atoms with E-state index in [1.54, 1.807) is 5.57 Å². The molecule has 6 rings (SSSR count). The first kappa shape index (κ1) is 26.7. The number of likely N-dealkylation sites (N-methyl/N-ethyl adjacent to an activating group) is 1. The number of fused-ring (bicyclic) bond motifs is 1. The second-order valence-electron chi connectivity index (χ2n) is 11.9. The van der Waals surface area contributed by atoms with Gasteiger partial charge >= 0.3 is 0 Å². The highest BCUT2D eigenvalue weighted by molar-refractivity contribution is 5.74. The standard InChI is InChI=1S/C32H44N8/c1-5-11-34-31(23-7-6-8-23)28-18-27(20-38(28)4)25-10-9-24-16-22(2)40(21-26(24)17-25)30-19-29(35-32(33)36-30)39-14-12-37(3)13-15-39/h9-10,17-20,22,34H,5-8,11-16,21H2,1-4H3,(H2,33,35,36). The average molecular weight is 541 g/mol. The number of aryl methyl sites for hydroxylation is 1. The summed E-state index contributed by atoms with van der Waals surface area (Å²) < 4.78 is 2.29. The van der Waals surface area contributed by atoms with Gasteiger partial charge in [-0.1, -0.05) is 19.1 Å². The van der Waals surface area contributed by atoms with E-state index in [0.29, 0.717) is 12.0 Å². The molecular formula is C32H44N8. The van der Waals surface area contributed by atoms with Crippen LogP contribution in [0.2, 0.25) is 0 Å². The molecule has 1 saturated carbocycles. The number of nitrogen functional groups attached to an aromatic ring is 1. The molecule has 0 radical (unpaired) electrons. The molecule has 2 aliphatic heterocycles. The van der Waals surface area contributed by atoms with Crippen molar-refractivity contribution in [3.63, 3.8) is 0 Å². The Morgan fingerprint density at radius 3 is 2.48 bits per heavy atom. The smallest absolute Gasteiger partial charge is 0.223 e. The predicted octanol–water partition coefficient (Wildman–Crippen LogP) is 4.66. The number of nitrogens with one attached hydrogen (secondary N) is 1. The van der Waals surface area contributed by atoms with Crippen LogP contribution in [0.5, 0.6) is 0 Å². The van der Waals surface area contributed by atoms with Gasteiger partial charge in [0.1, 0.15) is 11.6 Å². The lowest BCUT2D eigenvalue weighted by molar-refractivity contribution is 0.312. The zero-order valence-electron chi connectivity index (χ0n) is 24.6. The number of anilines is 3. The molecule has 212 valence electrons. The third-order valence-electron chi connectivity index (χ3n) is 8.89. The van der Waals surface area contributed by atoms with Crippen molar-refractivity contribution in [3.8, 4) is 11.1 Å². The van der Waals surface area contributed by atoms with Gasteiger partial charge in [-0.15, -0.1) is 0 Å². The number of nitrogens with zero attached hydrogens (tertiary/aromatic N) is 6. The number of allylic oxidation sites excluding steroid dienone is 1. The Morgan fingerprint density at radius 2 is 1.75 bits per heavy atom. The third-order valence-corrected chi connectivity index (χ3v) is 8.89. The van der Waals surface area contributed by atoms with E-state index in [2.05, 4.69) is 94.0 Å². The summed E-state index contributed by atoms with van der Waals surface area (Å²) in [4.78, 5) is 16.4. The van der Waals surface area contributed by atoms with Crippen molar-refractivity contribution in [2.75, 3.05) is 55.3 Å². The van der Waals surface area contributed by atoms with Gasteiger partial charge in [-0.05, 0) is 80.5 Å². The lowest BCUT2D eigenvalue weighted by atomic mass is 9.89. The number of hydrogen-bond acceptors (Lipinski definition) is 7. The minimum absolute atomic E-state index is 0.331. The van der Waals surface area contributed by atoms with Crippen LogP contribution in [0, 0.1) is 0 Å². The molecule has 2 aromatic heterocycles. The van der Waals surface area contributed by atoms with Crippen LogP contribution in [0.3, 0.4) is 0 Å². The summed E-state index contributed by atoms with van der Waals surface area (Å²) in [5, 5.41) is 3.73. The molecule has 3 aromatic rings. The summed E-state index contributed by atoms with van der Waals surface area (Å²) in [7, 11) is 4.34. The molecule has 0 spiro atoms. The fourth-order valence-corrected chi connectivity index (χ4v) is 6.23. The SMILES string of the molecule is CCCNC(=C1CCC1)c1cc(-c2ccc3c(c2)CN(c2cc(N4CCN(C)CC4)nc(N)n2)C(C)C3)cn1C. The highest BCUT2D eigenvalue weighted by Crippen LogP contribution is 2.36. The van der Waals surface area contributed by atoms with E-state index in [1.807, 2.05) is 0 Å². The number of nitrogens with two attached hydrogens (primary N) is 1. The predicted molar refractivity (Wildman–Crippen MR) is 165 cm³/mol. The lowest BCUT2D eigenvalue weighted by Gasteiger charge is -2.37. The lowest BCUT2D eigenvalue weighted by Crippen LogP contribution is -2.45. The molecular weight excluding hydrogens is 496 g/mol. The Balaban J connectivity index is 1.27. The first-order chi connectivity index (χ1) is 19.4. The van der Waals surface area contributed by atoms with Gasteiger partial charge in [-0.25, -0.2) is 0 Å². The quantitative estimate of drug-likeness (QED) is 0.451. The Morgan fingerprint density at radius 1 is 0.975 bits per heavy atom. The zero-order valence-corrected chi connectivity index (χ0v) is 24.6. The molecule has 0 amide bonds. The van der Waals surface area contributed by atoms with Crippen LogP contribution in [0.25, 0.3) is 16.8 Å². The molecule has 3 N–H and O–H groups in total. The summed E-state index contributed by atoms with van der Waals surface area (Å²) in [6.07, 6.45) is 8.12. The fourth-order valence-electron chi connectivity index (χ4n) is 6.23. The summed E-state index contributed by atoms with van der Waals surface area (Å²) in [5.74, 6) is 2.21.